The van der Waals surface area contributed by atoms with E-state index in [9.17, 15) is 9.90 Å². The van der Waals surface area contributed by atoms with Crippen LogP contribution in [0.2, 0.25) is 0 Å². The van der Waals surface area contributed by atoms with Crippen LogP contribution in [0.3, 0.4) is 0 Å². The lowest BCUT2D eigenvalue weighted by Gasteiger charge is -2.22. The van der Waals surface area contributed by atoms with Gasteiger partial charge in [-0.1, -0.05) is 13.8 Å². The molecule has 1 unspecified atom stereocenters. The summed E-state index contributed by atoms with van der Waals surface area (Å²) in [4.78, 5) is 12.1. The summed E-state index contributed by atoms with van der Waals surface area (Å²) in [6.45, 7) is 7.13. The summed E-state index contributed by atoms with van der Waals surface area (Å²) in [5, 5.41) is 12.6. The molecule has 1 atom stereocenters. The van der Waals surface area contributed by atoms with Gasteiger partial charge in [0.1, 0.15) is 5.75 Å². The first kappa shape index (κ1) is 16.2. The summed E-state index contributed by atoms with van der Waals surface area (Å²) in [6.07, 6.45) is 0. The minimum Gasteiger partial charge on any atom is -0.507 e. The molecule has 0 heterocycles. The van der Waals surface area contributed by atoms with Crippen LogP contribution in [0.15, 0.2) is 18.2 Å². The second-order valence-corrected chi connectivity index (χ2v) is 5.81. The molecule has 1 rings (SSSR count). The predicted molar refractivity (Wildman–Crippen MR) is 83.4 cm³/mol. The van der Waals surface area contributed by atoms with E-state index in [1.165, 1.54) is 6.07 Å². The smallest absolute Gasteiger partial charge is 0.251 e. The highest BCUT2D eigenvalue weighted by molar-refractivity contribution is 14.1. The van der Waals surface area contributed by atoms with Gasteiger partial charge in [0.15, 0.2) is 0 Å². The Balaban J connectivity index is 2.73. The molecule has 4 nitrogen and oxygen atoms in total. The van der Waals surface area contributed by atoms with E-state index in [4.69, 9.17) is 4.74 Å². The van der Waals surface area contributed by atoms with Crippen molar-refractivity contribution in [3.63, 3.8) is 0 Å². The van der Waals surface area contributed by atoms with Gasteiger partial charge in [-0.3, -0.25) is 4.79 Å². The average molecular weight is 377 g/mol. The minimum atomic E-state index is -0.190. The number of rotatable bonds is 6. The summed E-state index contributed by atoms with van der Waals surface area (Å²) in [5.74, 6) is 0.220. The van der Waals surface area contributed by atoms with Gasteiger partial charge in [0.25, 0.3) is 5.91 Å². The molecule has 106 valence electrons. The third-order valence-electron chi connectivity index (χ3n) is 2.83. The topological polar surface area (TPSA) is 58.6 Å². The summed E-state index contributed by atoms with van der Waals surface area (Å²) >= 11 is 2.02. The molecule has 1 aromatic rings. The van der Waals surface area contributed by atoms with E-state index >= 15 is 0 Å². The van der Waals surface area contributed by atoms with E-state index < -0.39 is 0 Å². The molecule has 0 aromatic heterocycles. The maximum Gasteiger partial charge on any atom is 0.251 e. The minimum absolute atomic E-state index is 0.0335. The van der Waals surface area contributed by atoms with E-state index in [0.29, 0.717) is 18.8 Å². The van der Waals surface area contributed by atoms with Gasteiger partial charge in [-0.2, -0.15) is 0 Å². The van der Waals surface area contributed by atoms with E-state index in [0.717, 1.165) is 3.57 Å². The molecule has 2 N–H and O–H groups in total. The summed E-state index contributed by atoms with van der Waals surface area (Å²) < 4.78 is 6.10. The summed E-state index contributed by atoms with van der Waals surface area (Å²) in [6, 6.07) is 4.87. The highest BCUT2D eigenvalue weighted by Gasteiger charge is 2.17. The van der Waals surface area contributed by atoms with Crippen molar-refractivity contribution in [2.24, 2.45) is 5.92 Å². The van der Waals surface area contributed by atoms with Crippen LogP contribution in [0.4, 0.5) is 0 Å². The molecule has 0 fully saturated rings. The quantitative estimate of drug-likeness (QED) is 0.750. The number of phenols is 1. The Bertz CT molecular complexity index is 435. The van der Waals surface area contributed by atoms with Crippen LogP contribution in [0, 0.1) is 9.49 Å². The molecule has 1 amide bonds. The van der Waals surface area contributed by atoms with Gasteiger partial charge in [-0.15, -0.1) is 0 Å². The first-order valence-electron chi connectivity index (χ1n) is 6.32. The van der Waals surface area contributed by atoms with E-state index in [1.54, 1.807) is 12.1 Å². The van der Waals surface area contributed by atoms with Crippen LogP contribution in [0.5, 0.6) is 5.75 Å². The molecule has 0 saturated heterocycles. The number of ether oxygens (including phenoxy) is 1. The van der Waals surface area contributed by atoms with Crippen molar-refractivity contribution in [1.82, 2.24) is 5.32 Å². The van der Waals surface area contributed by atoms with Crippen LogP contribution < -0.4 is 5.32 Å². The van der Waals surface area contributed by atoms with Crippen LogP contribution in [0.1, 0.15) is 31.1 Å². The largest absolute Gasteiger partial charge is 0.507 e. The number of carbonyl (C=O) groups is 1. The fraction of sp³-hybridized carbons (Fsp3) is 0.500. The zero-order valence-electron chi connectivity index (χ0n) is 11.4. The van der Waals surface area contributed by atoms with Gasteiger partial charge in [0.2, 0.25) is 0 Å². The molecule has 0 saturated carbocycles. The first-order valence-corrected chi connectivity index (χ1v) is 7.40. The Morgan fingerprint density at radius 2 is 2.16 bits per heavy atom. The van der Waals surface area contributed by atoms with Gasteiger partial charge in [0.05, 0.1) is 16.2 Å². The third kappa shape index (κ3) is 4.99. The maximum absolute atomic E-state index is 12.1. The van der Waals surface area contributed by atoms with Gasteiger partial charge in [-0.25, -0.2) is 0 Å². The molecule has 0 aliphatic carbocycles. The van der Waals surface area contributed by atoms with Crippen molar-refractivity contribution in [3.8, 4) is 5.75 Å². The van der Waals surface area contributed by atoms with Crippen LogP contribution in [-0.4, -0.2) is 30.3 Å². The number of halogens is 1. The number of hydrogen-bond donors (Lipinski definition) is 2. The number of phenolic OH excluding ortho intramolecular Hbond substituents is 1. The predicted octanol–water partition coefficient (Wildman–Crippen LogP) is 2.79. The Kier molecular flexibility index (Phi) is 6.57. The Morgan fingerprint density at radius 1 is 1.47 bits per heavy atom. The molecule has 0 radical (unpaired) electrons. The normalized spacial score (nSPS) is 12.5. The van der Waals surface area contributed by atoms with Crippen molar-refractivity contribution in [3.05, 3.63) is 27.3 Å². The van der Waals surface area contributed by atoms with Gasteiger partial charge >= 0.3 is 0 Å². The van der Waals surface area contributed by atoms with Crippen molar-refractivity contribution in [1.29, 1.82) is 0 Å². The zero-order chi connectivity index (χ0) is 14.4. The zero-order valence-corrected chi connectivity index (χ0v) is 13.6. The molecule has 0 aliphatic rings. The Hall–Kier alpha value is -0.820. The number of aromatic hydroxyl groups is 1. The average Bonchev–Trinajstić information content (AvgIpc) is 2.37. The number of benzene rings is 1. The first-order chi connectivity index (χ1) is 8.95. The van der Waals surface area contributed by atoms with E-state index in [1.807, 2.05) is 43.4 Å². The molecular weight excluding hydrogens is 357 g/mol. The molecule has 5 heteroatoms. The number of carbonyl (C=O) groups excluding carboxylic acids is 1. The highest BCUT2D eigenvalue weighted by Crippen LogP contribution is 2.20. The van der Waals surface area contributed by atoms with Crippen molar-refractivity contribution < 1.29 is 14.6 Å². The Labute approximate surface area is 127 Å². The van der Waals surface area contributed by atoms with E-state index in [-0.39, 0.29) is 23.6 Å². The highest BCUT2D eigenvalue weighted by atomic mass is 127. The number of amides is 1. The van der Waals surface area contributed by atoms with Crippen LogP contribution >= 0.6 is 22.6 Å². The second-order valence-electron chi connectivity index (χ2n) is 4.65. The lowest BCUT2D eigenvalue weighted by Crippen LogP contribution is -2.41. The van der Waals surface area contributed by atoms with Gasteiger partial charge < -0.3 is 15.2 Å². The van der Waals surface area contributed by atoms with Crippen LogP contribution in [-0.2, 0) is 4.74 Å². The van der Waals surface area contributed by atoms with Crippen molar-refractivity contribution in [2.45, 2.75) is 26.8 Å². The summed E-state index contributed by atoms with van der Waals surface area (Å²) in [7, 11) is 0. The number of hydrogen-bond acceptors (Lipinski definition) is 3. The lowest BCUT2D eigenvalue weighted by atomic mass is 10.0. The van der Waals surface area contributed by atoms with Crippen molar-refractivity contribution >= 4 is 28.5 Å². The summed E-state index contributed by atoms with van der Waals surface area (Å²) in [5.41, 5.74) is 0.458. The fourth-order valence-corrected chi connectivity index (χ4v) is 1.89. The van der Waals surface area contributed by atoms with Gasteiger partial charge in [-0.05, 0) is 53.6 Å². The van der Waals surface area contributed by atoms with Crippen molar-refractivity contribution in [2.75, 3.05) is 13.2 Å². The monoisotopic (exact) mass is 377 g/mol. The maximum atomic E-state index is 12.1. The fourth-order valence-electron chi connectivity index (χ4n) is 1.55. The lowest BCUT2D eigenvalue weighted by molar-refractivity contribution is 0.0806. The molecule has 0 bridgehead atoms. The second kappa shape index (κ2) is 7.69. The molecule has 0 spiro atoms. The number of nitrogens with one attached hydrogen (secondary N) is 1. The molecular formula is C14H20INO3. The molecule has 19 heavy (non-hydrogen) atoms. The standard InChI is InChI=1S/C14H20INO3/c1-4-19-8-12(9(2)3)16-14(18)10-5-6-11(15)13(17)7-10/h5-7,9,12,17H,4,8H2,1-3H3,(H,16,18). The SMILES string of the molecule is CCOCC(NC(=O)c1ccc(I)c(O)c1)C(C)C. The third-order valence-corrected chi connectivity index (χ3v) is 3.74. The molecule has 1 aromatic carbocycles. The van der Waals surface area contributed by atoms with Gasteiger partial charge in [0, 0.05) is 12.2 Å². The Morgan fingerprint density at radius 3 is 2.68 bits per heavy atom. The molecule has 0 aliphatic heterocycles. The van der Waals surface area contributed by atoms with Crippen LogP contribution in [0.25, 0.3) is 0 Å². The van der Waals surface area contributed by atoms with E-state index in [2.05, 4.69) is 5.32 Å².